The zero-order chi connectivity index (χ0) is 14.0. The second kappa shape index (κ2) is 5.73. The minimum Gasteiger partial charge on any atom is -0.387 e. The SMILES string of the molecule is CN1CCSCC1C(O)c1ccccc1C(F)(F)F. The van der Waals surface area contributed by atoms with Crippen molar-refractivity contribution in [1.29, 1.82) is 0 Å². The lowest BCUT2D eigenvalue weighted by Gasteiger charge is -2.36. The first-order valence-corrected chi connectivity index (χ1v) is 7.19. The fourth-order valence-corrected chi connectivity index (χ4v) is 3.52. The molecule has 6 heteroatoms. The number of benzene rings is 1. The first-order chi connectivity index (χ1) is 8.91. The van der Waals surface area contributed by atoms with Crippen LogP contribution in [0.25, 0.3) is 0 Å². The van der Waals surface area contributed by atoms with Crippen LogP contribution < -0.4 is 0 Å². The maximum absolute atomic E-state index is 12.9. The molecule has 2 unspecified atom stereocenters. The quantitative estimate of drug-likeness (QED) is 0.906. The van der Waals surface area contributed by atoms with Gasteiger partial charge >= 0.3 is 6.18 Å². The average Bonchev–Trinajstić information content (AvgIpc) is 2.37. The van der Waals surface area contributed by atoms with Crippen molar-refractivity contribution >= 4 is 11.8 Å². The molecule has 0 radical (unpaired) electrons. The van der Waals surface area contributed by atoms with Gasteiger partial charge in [-0.2, -0.15) is 24.9 Å². The minimum absolute atomic E-state index is 0.0330. The standard InChI is InChI=1S/C13H16F3NOS/c1-17-6-7-19-8-11(17)12(18)9-4-2-3-5-10(9)13(14,15)16/h2-5,11-12,18H,6-8H2,1H3. The van der Waals surface area contributed by atoms with E-state index in [1.807, 2.05) is 11.9 Å². The Labute approximate surface area is 114 Å². The van der Waals surface area contributed by atoms with Gasteiger partial charge in [0, 0.05) is 24.1 Å². The van der Waals surface area contributed by atoms with Crippen molar-refractivity contribution in [2.45, 2.75) is 18.3 Å². The van der Waals surface area contributed by atoms with Gasteiger partial charge in [0.15, 0.2) is 0 Å². The van der Waals surface area contributed by atoms with E-state index in [9.17, 15) is 18.3 Å². The fourth-order valence-electron chi connectivity index (χ4n) is 2.26. The number of nitrogens with zero attached hydrogens (tertiary/aromatic N) is 1. The van der Waals surface area contributed by atoms with Crippen molar-refractivity contribution < 1.29 is 18.3 Å². The molecule has 0 amide bonds. The Bertz CT molecular complexity index is 438. The van der Waals surface area contributed by atoms with Crippen molar-refractivity contribution in [3.05, 3.63) is 35.4 Å². The Morgan fingerprint density at radius 3 is 2.68 bits per heavy atom. The molecule has 2 nitrogen and oxygen atoms in total. The summed E-state index contributed by atoms with van der Waals surface area (Å²) in [6.07, 6.45) is -5.55. The molecule has 1 N–H and O–H groups in total. The van der Waals surface area contributed by atoms with Crippen molar-refractivity contribution in [2.75, 3.05) is 25.1 Å². The van der Waals surface area contributed by atoms with E-state index >= 15 is 0 Å². The lowest BCUT2D eigenvalue weighted by molar-refractivity contribution is -0.139. The van der Waals surface area contributed by atoms with Crippen LogP contribution in [-0.2, 0) is 6.18 Å². The highest BCUT2D eigenvalue weighted by Crippen LogP contribution is 2.37. The number of alkyl halides is 3. The molecule has 1 saturated heterocycles. The van der Waals surface area contributed by atoms with Gasteiger partial charge in [-0.05, 0) is 18.7 Å². The normalized spacial score (nSPS) is 23.3. The van der Waals surface area contributed by atoms with Crippen LogP contribution in [0, 0.1) is 0 Å². The monoisotopic (exact) mass is 291 g/mol. The molecule has 19 heavy (non-hydrogen) atoms. The third kappa shape index (κ3) is 3.24. The van der Waals surface area contributed by atoms with E-state index in [2.05, 4.69) is 0 Å². The van der Waals surface area contributed by atoms with Crippen LogP contribution >= 0.6 is 11.8 Å². The van der Waals surface area contributed by atoms with E-state index in [0.717, 1.165) is 18.4 Å². The average molecular weight is 291 g/mol. The van der Waals surface area contributed by atoms with Crippen LogP contribution in [0.4, 0.5) is 13.2 Å². The number of hydrogen-bond donors (Lipinski definition) is 1. The number of rotatable bonds is 2. The van der Waals surface area contributed by atoms with Crippen LogP contribution in [-0.4, -0.2) is 41.1 Å². The second-order valence-corrected chi connectivity index (χ2v) is 5.80. The molecular formula is C13H16F3NOS. The minimum atomic E-state index is -4.43. The Kier molecular flexibility index (Phi) is 4.43. The molecule has 1 aromatic carbocycles. The van der Waals surface area contributed by atoms with Gasteiger partial charge in [0.1, 0.15) is 0 Å². The molecule has 0 spiro atoms. The zero-order valence-corrected chi connectivity index (χ0v) is 11.3. The summed E-state index contributed by atoms with van der Waals surface area (Å²) in [5.41, 5.74) is -0.777. The van der Waals surface area contributed by atoms with Gasteiger partial charge in [0.2, 0.25) is 0 Å². The molecule has 0 aromatic heterocycles. The molecule has 1 aliphatic heterocycles. The molecule has 1 fully saturated rings. The number of aliphatic hydroxyl groups is 1. The summed E-state index contributed by atoms with van der Waals surface area (Å²) in [6.45, 7) is 0.778. The number of likely N-dealkylation sites (N-methyl/N-ethyl adjacent to an activating group) is 1. The number of thioether (sulfide) groups is 1. The summed E-state index contributed by atoms with van der Waals surface area (Å²) in [5, 5.41) is 10.3. The molecule has 106 valence electrons. The smallest absolute Gasteiger partial charge is 0.387 e. The van der Waals surface area contributed by atoms with Crippen LogP contribution in [0.5, 0.6) is 0 Å². The third-order valence-electron chi connectivity index (χ3n) is 3.39. The highest BCUT2D eigenvalue weighted by atomic mass is 32.2. The van der Waals surface area contributed by atoms with Crippen LogP contribution in [0.15, 0.2) is 24.3 Å². The first-order valence-electron chi connectivity index (χ1n) is 6.03. The van der Waals surface area contributed by atoms with Crippen molar-refractivity contribution in [2.24, 2.45) is 0 Å². The van der Waals surface area contributed by atoms with Crippen molar-refractivity contribution in [3.8, 4) is 0 Å². The Morgan fingerprint density at radius 1 is 1.37 bits per heavy atom. The Balaban J connectivity index is 2.30. The van der Waals surface area contributed by atoms with E-state index in [4.69, 9.17) is 0 Å². The summed E-state index contributed by atoms with van der Waals surface area (Å²) in [4.78, 5) is 1.92. The van der Waals surface area contributed by atoms with Crippen molar-refractivity contribution in [3.63, 3.8) is 0 Å². The van der Waals surface area contributed by atoms with E-state index in [-0.39, 0.29) is 11.6 Å². The third-order valence-corrected chi connectivity index (χ3v) is 4.44. The molecule has 2 rings (SSSR count). The molecule has 2 atom stereocenters. The van der Waals surface area contributed by atoms with Crippen LogP contribution in [0.1, 0.15) is 17.2 Å². The topological polar surface area (TPSA) is 23.5 Å². The molecule has 0 aliphatic carbocycles. The van der Waals surface area contributed by atoms with E-state index in [1.165, 1.54) is 18.2 Å². The van der Waals surface area contributed by atoms with Gasteiger partial charge in [0.25, 0.3) is 0 Å². The molecule has 1 heterocycles. The van der Waals surface area contributed by atoms with E-state index in [0.29, 0.717) is 5.75 Å². The van der Waals surface area contributed by atoms with Crippen molar-refractivity contribution in [1.82, 2.24) is 4.90 Å². The number of hydrogen-bond acceptors (Lipinski definition) is 3. The highest BCUT2D eigenvalue weighted by molar-refractivity contribution is 7.99. The molecule has 0 saturated carbocycles. The zero-order valence-electron chi connectivity index (χ0n) is 10.5. The summed E-state index contributed by atoms with van der Waals surface area (Å²) in [6, 6.07) is 4.99. The lowest BCUT2D eigenvalue weighted by Crippen LogP contribution is -2.43. The maximum Gasteiger partial charge on any atom is 0.416 e. The van der Waals surface area contributed by atoms with Gasteiger partial charge < -0.3 is 5.11 Å². The summed E-state index contributed by atoms with van der Waals surface area (Å²) < 4.78 is 38.8. The van der Waals surface area contributed by atoms with E-state index < -0.39 is 17.8 Å². The van der Waals surface area contributed by atoms with Crippen LogP contribution in [0.3, 0.4) is 0 Å². The van der Waals surface area contributed by atoms with Gasteiger partial charge in [-0.1, -0.05) is 18.2 Å². The van der Waals surface area contributed by atoms with Gasteiger partial charge in [0.05, 0.1) is 11.7 Å². The Hall–Kier alpha value is -0.720. The summed E-state index contributed by atoms with van der Waals surface area (Å²) in [7, 11) is 1.84. The highest BCUT2D eigenvalue weighted by Gasteiger charge is 2.37. The number of aliphatic hydroxyl groups excluding tert-OH is 1. The Morgan fingerprint density at radius 2 is 2.05 bits per heavy atom. The van der Waals surface area contributed by atoms with Gasteiger partial charge in [-0.25, -0.2) is 0 Å². The van der Waals surface area contributed by atoms with Gasteiger partial charge in [-0.3, -0.25) is 4.90 Å². The predicted molar refractivity (Wildman–Crippen MR) is 70.1 cm³/mol. The molecular weight excluding hydrogens is 275 g/mol. The largest absolute Gasteiger partial charge is 0.416 e. The maximum atomic E-state index is 12.9. The first kappa shape index (κ1) is 14.7. The summed E-state index contributed by atoms with van der Waals surface area (Å²) >= 11 is 1.66. The van der Waals surface area contributed by atoms with E-state index in [1.54, 1.807) is 11.8 Å². The molecule has 1 aliphatic rings. The predicted octanol–water partition coefficient (Wildman–Crippen LogP) is 2.79. The fraction of sp³-hybridized carbons (Fsp3) is 0.538. The second-order valence-electron chi connectivity index (χ2n) is 4.65. The van der Waals surface area contributed by atoms with Crippen LogP contribution in [0.2, 0.25) is 0 Å². The van der Waals surface area contributed by atoms with Gasteiger partial charge in [-0.15, -0.1) is 0 Å². The molecule has 0 bridgehead atoms. The molecule has 1 aromatic rings. The number of halogens is 3. The lowest BCUT2D eigenvalue weighted by atomic mass is 9.96. The summed E-state index contributed by atoms with van der Waals surface area (Å²) in [5.74, 6) is 1.59.